The van der Waals surface area contributed by atoms with Gasteiger partial charge in [0.05, 0.1) is 19.0 Å². The first-order chi connectivity index (χ1) is 14.5. The topological polar surface area (TPSA) is 105 Å². The number of benzene rings is 1. The van der Waals surface area contributed by atoms with Crippen LogP contribution in [-0.2, 0) is 9.59 Å². The van der Waals surface area contributed by atoms with Crippen LogP contribution in [-0.4, -0.2) is 58.8 Å². The summed E-state index contributed by atoms with van der Waals surface area (Å²) in [6.07, 6.45) is 4.59. The number of hydrogen-bond donors (Lipinski definition) is 1. The molecule has 9 nitrogen and oxygen atoms in total. The van der Waals surface area contributed by atoms with Gasteiger partial charge in [0.25, 0.3) is 17.7 Å². The molecule has 154 valence electrons. The van der Waals surface area contributed by atoms with Gasteiger partial charge in [-0.1, -0.05) is 17.7 Å². The van der Waals surface area contributed by atoms with Gasteiger partial charge in [-0.25, -0.2) is 9.88 Å². The molecule has 2 aromatic rings. The van der Waals surface area contributed by atoms with Crippen LogP contribution in [0.3, 0.4) is 0 Å². The van der Waals surface area contributed by atoms with Crippen LogP contribution < -0.4 is 15.0 Å². The van der Waals surface area contributed by atoms with E-state index < -0.39 is 11.8 Å². The van der Waals surface area contributed by atoms with Crippen LogP contribution in [0, 0.1) is 0 Å². The molecule has 1 aromatic heterocycles. The molecule has 10 heteroatoms. The standard InChI is InChI=1S/C20H18ClN5O4/c1-30-18-15(21)10-22-20(24-18)23-13-7-8-25(11-13)19(29)12-3-2-4-14(9-12)26-16(27)5-6-17(26)28/h2-6,9-10,13H,7-8,11H2,1H3,(H,22,23,24)/t13-/m1/s1. The molecule has 1 atom stereocenters. The minimum Gasteiger partial charge on any atom is -0.480 e. The predicted octanol–water partition coefficient (Wildman–Crippen LogP) is 1.89. The summed E-state index contributed by atoms with van der Waals surface area (Å²) < 4.78 is 5.09. The van der Waals surface area contributed by atoms with Crippen LogP contribution in [0.25, 0.3) is 0 Å². The Bertz CT molecular complexity index is 1040. The van der Waals surface area contributed by atoms with Crippen molar-refractivity contribution >= 4 is 41.0 Å². The highest BCUT2D eigenvalue weighted by Gasteiger charge is 2.29. The fourth-order valence-electron chi connectivity index (χ4n) is 3.42. The highest BCUT2D eigenvalue weighted by Crippen LogP contribution is 2.24. The summed E-state index contributed by atoms with van der Waals surface area (Å²) in [6.45, 7) is 1.01. The van der Waals surface area contributed by atoms with Crippen molar-refractivity contribution < 1.29 is 19.1 Å². The van der Waals surface area contributed by atoms with Gasteiger partial charge in [0.2, 0.25) is 11.8 Å². The highest BCUT2D eigenvalue weighted by atomic mass is 35.5. The lowest BCUT2D eigenvalue weighted by Crippen LogP contribution is -2.32. The van der Waals surface area contributed by atoms with Gasteiger partial charge < -0.3 is 15.0 Å². The van der Waals surface area contributed by atoms with Gasteiger partial charge in [-0.2, -0.15) is 4.98 Å². The van der Waals surface area contributed by atoms with Gasteiger partial charge in [0, 0.05) is 36.8 Å². The largest absolute Gasteiger partial charge is 0.480 e. The number of nitrogens with one attached hydrogen (secondary N) is 1. The van der Waals surface area contributed by atoms with Crippen LogP contribution in [0.5, 0.6) is 5.88 Å². The molecule has 0 unspecified atom stereocenters. The van der Waals surface area contributed by atoms with E-state index in [0.29, 0.717) is 41.7 Å². The maximum atomic E-state index is 12.9. The minimum atomic E-state index is -0.423. The summed E-state index contributed by atoms with van der Waals surface area (Å²) in [5, 5.41) is 3.50. The monoisotopic (exact) mass is 427 g/mol. The second kappa shape index (κ2) is 8.11. The molecule has 0 spiro atoms. The van der Waals surface area contributed by atoms with E-state index in [1.807, 2.05) is 0 Å². The van der Waals surface area contributed by atoms with E-state index >= 15 is 0 Å². The number of carbonyl (C=O) groups is 3. The summed E-state index contributed by atoms with van der Waals surface area (Å²) in [6, 6.07) is 6.46. The molecule has 0 radical (unpaired) electrons. The first-order valence-electron chi connectivity index (χ1n) is 9.25. The zero-order valence-corrected chi connectivity index (χ0v) is 16.8. The summed E-state index contributed by atoms with van der Waals surface area (Å²) in [5.74, 6) is -0.377. The first kappa shape index (κ1) is 19.8. The van der Waals surface area contributed by atoms with Gasteiger partial charge in [-0.05, 0) is 24.6 Å². The Morgan fingerprint density at radius 3 is 2.77 bits per heavy atom. The second-order valence-electron chi connectivity index (χ2n) is 6.83. The lowest BCUT2D eigenvalue weighted by molar-refractivity contribution is -0.119. The zero-order chi connectivity index (χ0) is 21.3. The van der Waals surface area contributed by atoms with Crippen molar-refractivity contribution in [2.45, 2.75) is 12.5 Å². The summed E-state index contributed by atoms with van der Waals surface area (Å²) in [5.41, 5.74) is 0.779. The molecular formula is C20H18ClN5O4. The highest BCUT2D eigenvalue weighted by molar-refractivity contribution is 6.31. The fraction of sp³-hybridized carbons (Fsp3) is 0.250. The predicted molar refractivity (Wildman–Crippen MR) is 110 cm³/mol. The summed E-state index contributed by atoms with van der Waals surface area (Å²) in [7, 11) is 1.47. The number of nitrogens with zero attached hydrogens (tertiary/aromatic N) is 4. The number of likely N-dealkylation sites (tertiary alicyclic amines) is 1. The van der Waals surface area contributed by atoms with Crippen LogP contribution in [0.4, 0.5) is 11.6 Å². The first-order valence-corrected chi connectivity index (χ1v) is 9.62. The van der Waals surface area contributed by atoms with Crippen molar-refractivity contribution in [1.82, 2.24) is 14.9 Å². The number of imide groups is 1. The quantitative estimate of drug-likeness (QED) is 0.726. The van der Waals surface area contributed by atoms with E-state index in [1.54, 1.807) is 29.2 Å². The number of ether oxygens (including phenoxy) is 1. The summed E-state index contributed by atoms with van der Waals surface area (Å²) in [4.78, 5) is 47.8. The Morgan fingerprint density at radius 1 is 1.27 bits per heavy atom. The van der Waals surface area contributed by atoms with E-state index in [-0.39, 0.29) is 17.8 Å². The molecule has 2 aliphatic heterocycles. The minimum absolute atomic E-state index is 0.0334. The second-order valence-corrected chi connectivity index (χ2v) is 7.23. The van der Waals surface area contributed by atoms with Gasteiger partial charge in [-0.15, -0.1) is 0 Å². The van der Waals surface area contributed by atoms with Crippen LogP contribution in [0.15, 0.2) is 42.6 Å². The fourth-order valence-corrected chi connectivity index (χ4v) is 3.59. The lowest BCUT2D eigenvalue weighted by atomic mass is 10.1. The Balaban J connectivity index is 1.43. The number of methoxy groups -OCH3 is 1. The average Bonchev–Trinajstić information content (AvgIpc) is 3.35. The van der Waals surface area contributed by atoms with Crippen molar-refractivity contribution in [3.05, 3.63) is 53.2 Å². The van der Waals surface area contributed by atoms with E-state index in [4.69, 9.17) is 16.3 Å². The molecule has 4 rings (SSSR count). The van der Waals surface area contributed by atoms with Crippen LogP contribution in [0.1, 0.15) is 16.8 Å². The maximum absolute atomic E-state index is 12.9. The molecule has 3 heterocycles. The Hall–Kier alpha value is -3.46. The number of rotatable bonds is 5. The van der Waals surface area contributed by atoms with Crippen LogP contribution in [0.2, 0.25) is 5.02 Å². The van der Waals surface area contributed by atoms with E-state index in [2.05, 4.69) is 15.3 Å². The molecule has 1 saturated heterocycles. The third-order valence-corrected chi connectivity index (χ3v) is 5.13. The smallest absolute Gasteiger partial charge is 0.258 e. The van der Waals surface area contributed by atoms with Crippen molar-refractivity contribution in [3.63, 3.8) is 0 Å². The van der Waals surface area contributed by atoms with Crippen molar-refractivity contribution in [2.24, 2.45) is 0 Å². The van der Waals surface area contributed by atoms with Crippen molar-refractivity contribution in [3.8, 4) is 5.88 Å². The number of halogens is 1. The Kier molecular flexibility index (Phi) is 5.37. The Morgan fingerprint density at radius 2 is 2.03 bits per heavy atom. The Labute approximate surface area is 177 Å². The molecule has 2 aliphatic rings. The number of hydrogen-bond acceptors (Lipinski definition) is 7. The van der Waals surface area contributed by atoms with Crippen molar-refractivity contribution in [2.75, 3.05) is 30.4 Å². The molecule has 0 aliphatic carbocycles. The third-order valence-electron chi connectivity index (χ3n) is 4.87. The van der Waals surface area contributed by atoms with Crippen LogP contribution >= 0.6 is 11.6 Å². The van der Waals surface area contributed by atoms with E-state index in [1.165, 1.54) is 25.5 Å². The normalized spacial score (nSPS) is 18.3. The van der Waals surface area contributed by atoms with Gasteiger partial charge in [0.1, 0.15) is 5.02 Å². The van der Waals surface area contributed by atoms with Gasteiger partial charge >= 0.3 is 0 Å². The molecule has 1 N–H and O–H groups in total. The van der Waals surface area contributed by atoms with E-state index in [0.717, 1.165) is 4.90 Å². The number of amides is 3. The van der Waals surface area contributed by atoms with Gasteiger partial charge in [-0.3, -0.25) is 14.4 Å². The van der Waals surface area contributed by atoms with Crippen molar-refractivity contribution in [1.29, 1.82) is 0 Å². The number of aromatic nitrogens is 2. The molecule has 3 amide bonds. The third kappa shape index (κ3) is 3.84. The molecule has 0 saturated carbocycles. The van der Waals surface area contributed by atoms with E-state index in [9.17, 15) is 14.4 Å². The lowest BCUT2D eigenvalue weighted by Gasteiger charge is -2.19. The van der Waals surface area contributed by atoms with Gasteiger partial charge in [0.15, 0.2) is 0 Å². The zero-order valence-electron chi connectivity index (χ0n) is 16.0. The molecule has 1 fully saturated rings. The molecule has 0 bridgehead atoms. The number of anilines is 2. The molecule has 30 heavy (non-hydrogen) atoms. The molecular weight excluding hydrogens is 410 g/mol. The molecule has 1 aromatic carbocycles. The number of carbonyl (C=O) groups excluding carboxylic acids is 3. The average molecular weight is 428 g/mol. The SMILES string of the molecule is COc1nc(N[C@@H]2CCN(C(=O)c3cccc(N4C(=O)C=CC4=O)c3)C2)ncc1Cl. The summed E-state index contributed by atoms with van der Waals surface area (Å²) >= 11 is 5.94. The maximum Gasteiger partial charge on any atom is 0.258 e.